The molecule has 1 aromatic carbocycles. The van der Waals surface area contributed by atoms with Crippen LogP contribution in [-0.4, -0.2) is 25.3 Å². The molecule has 0 bridgehead atoms. The third-order valence-electron chi connectivity index (χ3n) is 4.95. The van der Waals surface area contributed by atoms with Gasteiger partial charge in [-0.3, -0.25) is 9.59 Å². The Labute approximate surface area is 142 Å². The van der Waals surface area contributed by atoms with E-state index in [1.165, 1.54) is 6.92 Å². The van der Waals surface area contributed by atoms with Crippen LogP contribution in [0.5, 0.6) is 11.5 Å². The number of Topliss-reactive ketones (excluding diaryl/α,β-unsaturated/α-hetero) is 1. The molecule has 4 nitrogen and oxygen atoms in total. The number of allylic oxidation sites excluding steroid dienone is 4. The van der Waals surface area contributed by atoms with Crippen LogP contribution in [0.15, 0.2) is 29.4 Å². The molecule has 0 aromatic heterocycles. The lowest BCUT2D eigenvalue weighted by Gasteiger charge is -2.28. The molecule has 126 valence electrons. The van der Waals surface area contributed by atoms with Crippen molar-refractivity contribution in [2.75, 3.05) is 13.7 Å². The van der Waals surface area contributed by atoms with Gasteiger partial charge in [0.15, 0.2) is 17.3 Å². The van der Waals surface area contributed by atoms with Crippen molar-refractivity contribution in [3.8, 4) is 11.5 Å². The molecule has 2 aliphatic carbocycles. The van der Waals surface area contributed by atoms with Crippen LogP contribution >= 0.6 is 0 Å². The molecule has 0 aliphatic heterocycles. The number of hydrogen-bond acceptors (Lipinski definition) is 4. The van der Waals surface area contributed by atoms with Gasteiger partial charge in [0.1, 0.15) is 5.78 Å². The van der Waals surface area contributed by atoms with Crippen molar-refractivity contribution in [1.82, 2.24) is 0 Å². The fourth-order valence-electron chi connectivity index (χ4n) is 3.99. The highest BCUT2D eigenvalue weighted by Crippen LogP contribution is 2.53. The quantitative estimate of drug-likeness (QED) is 0.792. The van der Waals surface area contributed by atoms with E-state index in [-0.39, 0.29) is 17.5 Å². The Hall–Kier alpha value is -2.36. The van der Waals surface area contributed by atoms with Crippen LogP contribution in [0.25, 0.3) is 5.57 Å². The first-order chi connectivity index (χ1) is 11.4. The predicted octanol–water partition coefficient (Wildman–Crippen LogP) is 3.70. The van der Waals surface area contributed by atoms with Gasteiger partial charge in [-0.25, -0.2) is 0 Å². The zero-order chi connectivity index (χ0) is 17.6. The van der Waals surface area contributed by atoms with Crippen LogP contribution < -0.4 is 9.47 Å². The van der Waals surface area contributed by atoms with Crippen LogP contribution in [0, 0.1) is 5.92 Å². The molecule has 0 amide bonds. The van der Waals surface area contributed by atoms with E-state index in [2.05, 4.69) is 0 Å². The zero-order valence-corrected chi connectivity index (χ0v) is 14.7. The van der Waals surface area contributed by atoms with Gasteiger partial charge in [0.05, 0.1) is 19.6 Å². The second-order valence-corrected chi connectivity index (χ2v) is 6.36. The highest BCUT2D eigenvalue weighted by molar-refractivity contribution is 6.11. The Kier molecular flexibility index (Phi) is 4.08. The smallest absolute Gasteiger partial charge is 0.167 e. The fourth-order valence-corrected chi connectivity index (χ4v) is 3.99. The molecular weight excluding hydrogens is 304 g/mol. The number of carbonyl (C=O) groups excluding carboxylic acids is 2. The van der Waals surface area contributed by atoms with Gasteiger partial charge >= 0.3 is 0 Å². The van der Waals surface area contributed by atoms with Crippen LogP contribution in [0.3, 0.4) is 0 Å². The normalized spacial score (nSPS) is 22.0. The molecule has 0 saturated heterocycles. The Morgan fingerprint density at radius 3 is 2.50 bits per heavy atom. The van der Waals surface area contributed by atoms with Crippen LogP contribution in [0.1, 0.15) is 44.7 Å². The molecule has 2 aliphatic rings. The van der Waals surface area contributed by atoms with Crippen molar-refractivity contribution in [3.63, 3.8) is 0 Å². The van der Waals surface area contributed by atoms with Gasteiger partial charge in [-0.2, -0.15) is 0 Å². The topological polar surface area (TPSA) is 52.6 Å². The first-order valence-corrected chi connectivity index (χ1v) is 8.19. The van der Waals surface area contributed by atoms with E-state index in [0.717, 1.165) is 27.8 Å². The minimum atomic E-state index is -0.650. The summed E-state index contributed by atoms with van der Waals surface area (Å²) in [5.74, 6) is 0.236. The van der Waals surface area contributed by atoms with Gasteiger partial charge in [0.25, 0.3) is 0 Å². The molecule has 0 heterocycles. The predicted molar refractivity (Wildman–Crippen MR) is 92.4 cm³/mol. The number of rotatable bonds is 4. The van der Waals surface area contributed by atoms with Crippen LogP contribution in [0.4, 0.5) is 0 Å². The third kappa shape index (κ3) is 2.29. The fraction of sp³-hybridized carbons (Fsp3) is 0.400. The summed E-state index contributed by atoms with van der Waals surface area (Å²) < 4.78 is 11.1. The van der Waals surface area contributed by atoms with E-state index < -0.39 is 5.92 Å². The molecule has 2 atom stereocenters. The molecule has 1 aromatic rings. The molecule has 0 N–H and O–H groups in total. The summed E-state index contributed by atoms with van der Waals surface area (Å²) in [6, 6.07) is 3.89. The summed E-state index contributed by atoms with van der Waals surface area (Å²) in [6.45, 7) is 7.94. The van der Waals surface area contributed by atoms with Crippen LogP contribution in [-0.2, 0) is 9.59 Å². The molecule has 2 unspecified atom stereocenters. The van der Waals surface area contributed by atoms with E-state index in [1.54, 1.807) is 13.2 Å². The molecule has 0 fully saturated rings. The maximum atomic E-state index is 12.5. The monoisotopic (exact) mass is 326 g/mol. The average molecular weight is 326 g/mol. The Balaban J connectivity index is 2.25. The summed E-state index contributed by atoms with van der Waals surface area (Å²) in [5, 5.41) is 0. The number of methoxy groups -OCH3 is 1. The molecule has 4 heteroatoms. The first-order valence-electron chi connectivity index (χ1n) is 8.19. The highest BCUT2D eigenvalue weighted by atomic mass is 16.5. The molecule has 3 rings (SSSR count). The van der Waals surface area contributed by atoms with E-state index in [0.29, 0.717) is 18.1 Å². The number of fused-ring (bicyclic) bond motifs is 3. The standard InChI is InChI=1S/C20H22O4/c1-6-24-17-8-13-11(3)18-10(2)7-15(22)19(12(4)21)20(18)14(13)9-16(17)23-5/h7-9,19-20H,6H2,1-5H3. The lowest BCUT2D eigenvalue weighted by Crippen LogP contribution is -2.31. The van der Waals surface area contributed by atoms with E-state index in [1.807, 2.05) is 32.9 Å². The Morgan fingerprint density at radius 2 is 1.92 bits per heavy atom. The van der Waals surface area contributed by atoms with Gasteiger partial charge < -0.3 is 9.47 Å². The Bertz CT molecular complexity index is 798. The van der Waals surface area contributed by atoms with E-state index in [9.17, 15) is 9.59 Å². The second kappa shape index (κ2) is 5.93. The number of benzene rings is 1. The minimum Gasteiger partial charge on any atom is -0.493 e. The van der Waals surface area contributed by atoms with Gasteiger partial charge in [-0.1, -0.05) is 0 Å². The number of ether oxygens (including phenoxy) is 2. The first kappa shape index (κ1) is 16.5. The number of hydrogen-bond donors (Lipinski definition) is 0. The maximum Gasteiger partial charge on any atom is 0.167 e. The highest BCUT2D eigenvalue weighted by Gasteiger charge is 2.44. The lowest BCUT2D eigenvalue weighted by molar-refractivity contribution is -0.129. The van der Waals surface area contributed by atoms with Gasteiger partial charge in [-0.05, 0) is 73.7 Å². The van der Waals surface area contributed by atoms with Crippen molar-refractivity contribution in [2.45, 2.75) is 33.6 Å². The van der Waals surface area contributed by atoms with E-state index >= 15 is 0 Å². The number of ketones is 2. The SMILES string of the molecule is CCOc1cc2c(cc1OC)C1C(=C2C)C(C)=CC(=O)C1C(C)=O. The largest absolute Gasteiger partial charge is 0.493 e. The van der Waals surface area contributed by atoms with Crippen molar-refractivity contribution < 1.29 is 19.1 Å². The maximum absolute atomic E-state index is 12.5. The second-order valence-electron chi connectivity index (χ2n) is 6.36. The van der Waals surface area contributed by atoms with Crippen molar-refractivity contribution >= 4 is 17.1 Å². The average Bonchev–Trinajstić information content (AvgIpc) is 2.79. The van der Waals surface area contributed by atoms with Gasteiger partial charge in [-0.15, -0.1) is 0 Å². The summed E-state index contributed by atoms with van der Waals surface area (Å²) in [5.41, 5.74) is 5.14. The summed E-state index contributed by atoms with van der Waals surface area (Å²) >= 11 is 0. The van der Waals surface area contributed by atoms with Crippen molar-refractivity contribution in [1.29, 1.82) is 0 Å². The van der Waals surface area contributed by atoms with Gasteiger partial charge in [0.2, 0.25) is 0 Å². The van der Waals surface area contributed by atoms with Crippen molar-refractivity contribution in [3.05, 3.63) is 40.5 Å². The van der Waals surface area contributed by atoms with Crippen LogP contribution in [0.2, 0.25) is 0 Å². The molecule has 0 spiro atoms. The Morgan fingerprint density at radius 1 is 1.21 bits per heavy atom. The summed E-state index contributed by atoms with van der Waals surface area (Å²) in [7, 11) is 1.60. The molecule has 0 radical (unpaired) electrons. The third-order valence-corrected chi connectivity index (χ3v) is 4.95. The molecule has 0 saturated carbocycles. The minimum absolute atomic E-state index is 0.0975. The molecule has 24 heavy (non-hydrogen) atoms. The van der Waals surface area contributed by atoms with Gasteiger partial charge in [0, 0.05) is 5.92 Å². The zero-order valence-electron chi connectivity index (χ0n) is 14.7. The lowest BCUT2D eigenvalue weighted by atomic mass is 9.72. The molecular formula is C20H22O4. The van der Waals surface area contributed by atoms with Crippen molar-refractivity contribution in [2.24, 2.45) is 5.92 Å². The summed E-state index contributed by atoms with van der Waals surface area (Å²) in [4.78, 5) is 24.6. The number of carbonyl (C=O) groups is 2. The van der Waals surface area contributed by atoms with E-state index in [4.69, 9.17) is 9.47 Å². The summed E-state index contributed by atoms with van der Waals surface area (Å²) in [6.07, 6.45) is 1.61.